The van der Waals surface area contributed by atoms with Crippen molar-refractivity contribution in [3.05, 3.63) is 0 Å². The highest BCUT2D eigenvalue weighted by atomic mass is 15.1. The lowest BCUT2D eigenvalue weighted by Crippen LogP contribution is -2.22. The van der Waals surface area contributed by atoms with Crippen molar-refractivity contribution in [2.24, 2.45) is 11.7 Å². The molecule has 0 spiro atoms. The Labute approximate surface area is 43.1 Å². The van der Waals surface area contributed by atoms with Crippen LogP contribution in [0.4, 0.5) is 0 Å². The molecule has 2 aliphatic rings. The van der Waals surface area contributed by atoms with Gasteiger partial charge in [0.05, 0.1) is 0 Å². The van der Waals surface area contributed by atoms with Crippen molar-refractivity contribution in [1.82, 2.24) is 5.32 Å². The average Bonchev–Trinajstić information content (AvgIpc) is 2.26. The number of hydrogen-bond acceptors (Lipinski definition) is 2. The summed E-state index contributed by atoms with van der Waals surface area (Å²) >= 11 is 0. The molecule has 7 heavy (non-hydrogen) atoms. The highest BCUT2D eigenvalue weighted by molar-refractivity contribution is 5.10. The fourth-order valence-corrected chi connectivity index (χ4v) is 1.48. The Hall–Kier alpha value is -0.0800. The molecule has 3 unspecified atom stereocenters. The van der Waals surface area contributed by atoms with Gasteiger partial charge >= 0.3 is 0 Å². The molecule has 2 heteroatoms. The molecule has 0 aromatic heterocycles. The Morgan fingerprint density at radius 2 is 2.43 bits per heavy atom. The molecule has 0 aromatic carbocycles. The molecule has 2 nitrogen and oxygen atoms in total. The predicted octanol–water partition coefficient (Wildman–Crippen LogP) is -0.695. The molecule has 1 saturated heterocycles. The van der Waals surface area contributed by atoms with Crippen molar-refractivity contribution < 1.29 is 0 Å². The lowest BCUT2D eigenvalue weighted by atomic mass is 10.3. The van der Waals surface area contributed by atoms with Gasteiger partial charge in [-0.05, 0) is 18.9 Å². The van der Waals surface area contributed by atoms with E-state index in [4.69, 9.17) is 5.73 Å². The molecule has 0 aromatic rings. The normalized spacial score (nSPS) is 57.0. The molecule has 1 aliphatic heterocycles. The Kier molecular flexibility index (Phi) is 0.557. The highest BCUT2D eigenvalue weighted by Crippen LogP contribution is 2.36. The van der Waals surface area contributed by atoms with E-state index in [0.717, 1.165) is 5.92 Å². The van der Waals surface area contributed by atoms with Gasteiger partial charge < -0.3 is 11.1 Å². The zero-order valence-electron chi connectivity index (χ0n) is 4.22. The van der Waals surface area contributed by atoms with E-state index >= 15 is 0 Å². The van der Waals surface area contributed by atoms with Crippen LogP contribution in [0, 0.1) is 5.92 Å². The number of fused-ring (bicyclic) bond motifs is 1. The van der Waals surface area contributed by atoms with Crippen LogP contribution < -0.4 is 11.1 Å². The molecule has 40 valence electrons. The third-order valence-corrected chi connectivity index (χ3v) is 2.09. The molecule has 3 atom stereocenters. The first-order valence-electron chi connectivity index (χ1n) is 2.88. The summed E-state index contributed by atoms with van der Waals surface area (Å²) in [6.07, 6.45) is 1.31. The number of piperidine rings is 1. The number of nitrogens with two attached hydrogens (primary N) is 1. The van der Waals surface area contributed by atoms with Gasteiger partial charge in [-0.3, -0.25) is 0 Å². The number of hydrogen-bond donors (Lipinski definition) is 2. The molecule has 0 bridgehead atoms. The third-order valence-electron chi connectivity index (χ3n) is 2.09. The maximum absolute atomic E-state index is 5.61. The van der Waals surface area contributed by atoms with Gasteiger partial charge in [0.15, 0.2) is 0 Å². The summed E-state index contributed by atoms with van der Waals surface area (Å²) in [4.78, 5) is 0. The van der Waals surface area contributed by atoms with E-state index in [1.165, 1.54) is 13.0 Å². The number of nitrogens with one attached hydrogen (secondary N) is 1. The average molecular weight is 98.1 g/mol. The summed E-state index contributed by atoms with van der Waals surface area (Å²) in [6.45, 7) is 1.20. The van der Waals surface area contributed by atoms with E-state index in [9.17, 15) is 0 Å². The molecule has 1 aliphatic carbocycles. The van der Waals surface area contributed by atoms with Crippen molar-refractivity contribution in [2.75, 3.05) is 6.54 Å². The predicted molar refractivity (Wildman–Crippen MR) is 27.9 cm³/mol. The van der Waals surface area contributed by atoms with Crippen LogP contribution in [-0.4, -0.2) is 18.6 Å². The van der Waals surface area contributed by atoms with Crippen LogP contribution in [0.1, 0.15) is 6.42 Å². The summed E-state index contributed by atoms with van der Waals surface area (Å²) in [5.41, 5.74) is 5.61. The molecule has 0 amide bonds. The second-order valence-corrected chi connectivity index (χ2v) is 2.51. The maximum atomic E-state index is 5.61. The summed E-state index contributed by atoms with van der Waals surface area (Å²) < 4.78 is 0. The van der Waals surface area contributed by atoms with Gasteiger partial charge in [-0.1, -0.05) is 0 Å². The lowest BCUT2D eigenvalue weighted by molar-refractivity contribution is 0.683. The standard InChI is InChI=1S/C5H10N2/c6-4-3-1-2-7-5(3)4/h3-5,7H,1-2,6H2. The molecule has 0 radical (unpaired) electrons. The van der Waals surface area contributed by atoms with Crippen molar-refractivity contribution >= 4 is 0 Å². The summed E-state index contributed by atoms with van der Waals surface area (Å²) in [5.74, 6) is 0.847. The molecule has 1 saturated carbocycles. The van der Waals surface area contributed by atoms with Crippen LogP contribution in [0.3, 0.4) is 0 Å². The quantitative estimate of drug-likeness (QED) is 0.420. The van der Waals surface area contributed by atoms with Crippen molar-refractivity contribution in [2.45, 2.75) is 18.5 Å². The second kappa shape index (κ2) is 1.01. The minimum atomic E-state index is 0.508. The molecule has 2 fully saturated rings. The minimum absolute atomic E-state index is 0.508. The van der Waals surface area contributed by atoms with E-state index < -0.39 is 0 Å². The van der Waals surface area contributed by atoms with E-state index in [2.05, 4.69) is 5.32 Å². The Morgan fingerprint density at radius 3 is 2.71 bits per heavy atom. The van der Waals surface area contributed by atoms with E-state index in [0.29, 0.717) is 12.1 Å². The third kappa shape index (κ3) is 0.359. The summed E-state index contributed by atoms with van der Waals surface area (Å²) in [7, 11) is 0. The van der Waals surface area contributed by atoms with Crippen molar-refractivity contribution in [3.63, 3.8) is 0 Å². The van der Waals surface area contributed by atoms with Crippen LogP contribution in [0.15, 0.2) is 0 Å². The fraction of sp³-hybridized carbons (Fsp3) is 1.00. The van der Waals surface area contributed by atoms with E-state index in [-0.39, 0.29) is 0 Å². The van der Waals surface area contributed by atoms with Crippen LogP contribution >= 0.6 is 0 Å². The van der Waals surface area contributed by atoms with E-state index in [1.807, 2.05) is 0 Å². The fourth-order valence-electron chi connectivity index (χ4n) is 1.48. The molecular weight excluding hydrogens is 88.1 g/mol. The number of rotatable bonds is 0. The summed E-state index contributed by atoms with van der Waals surface area (Å²) in [5, 5.41) is 3.32. The van der Waals surface area contributed by atoms with Crippen LogP contribution in [0.5, 0.6) is 0 Å². The van der Waals surface area contributed by atoms with Gasteiger partial charge in [0.25, 0.3) is 0 Å². The van der Waals surface area contributed by atoms with Gasteiger partial charge in [0.1, 0.15) is 0 Å². The van der Waals surface area contributed by atoms with Crippen LogP contribution in [-0.2, 0) is 0 Å². The molecule has 2 rings (SSSR count). The summed E-state index contributed by atoms with van der Waals surface area (Å²) in [6, 6.07) is 1.22. The Morgan fingerprint density at radius 1 is 1.57 bits per heavy atom. The van der Waals surface area contributed by atoms with Gasteiger partial charge in [-0.2, -0.15) is 0 Å². The topological polar surface area (TPSA) is 38.0 Å². The molecular formula is C5H10N2. The van der Waals surface area contributed by atoms with Crippen molar-refractivity contribution in [3.8, 4) is 0 Å². The Balaban J connectivity index is 2.06. The van der Waals surface area contributed by atoms with Crippen LogP contribution in [0.25, 0.3) is 0 Å². The molecule has 3 N–H and O–H groups in total. The second-order valence-electron chi connectivity index (χ2n) is 2.51. The SMILES string of the molecule is NC1C2CCNC12. The van der Waals surface area contributed by atoms with Crippen molar-refractivity contribution in [1.29, 1.82) is 0 Å². The molecule has 1 heterocycles. The largest absolute Gasteiger partial charge is 0.326 e. The van der Waals surface area contributed by atoms with Gasteiger partial charge in [-0.25, -0.2) is 0 Å². The lowest BCUT2D eigenvalue weighted by Gasteiger charge is -1.93. The Bertz CT molecular complexity index is 82.1. The zero-order chi connectivity index (χ0) is 4.85. The van der Waals surface area contributed by atoms with E-state index in [1.54, 1.807) is 0 Å². The smallest absolute Gasteiger partial charge is 0.0266 e. The van der Waals surface area contributed by atoms with Crippen LogP contribution in [0.2, 0.25) is 0 Å². The monoisotopic (exact) mass is 98.1 g/mol. The van der Waals surface area contributed by atoms with Gasteiger partial charge in [0, 0.05) is 12.1 Å². The first-order valence-corrected chi connectivity index (χ1v) is 2.88. The minimum Gasteiger partial charge on any atom is -0.326 e. The van der Waals surface area contributed by atoms with Gasteiger partial charge in [-0.15, -0.1) is 0 Å². The first kappa shape index (κ1) is 3.87. The maximum Gasteiger partial charge on any atom is 0.0266 e. The first-order chi connectivity index (χ1) is 3.39. The highest BCUT2D eigenvalue weighted by Gasteiger charge is 2.50. The zero-order valence-corrected chi connectivity index (χ0v) is 4.22. The van der Waals surface area contributed by atoms with Gasteiger partial charge in [0.2, 0.25) is 0 Å².